The van der Waals surface area contributed by atoms with Gasteiger partial charge in [-0.1, -0.05) is 35.9 Å². The number of carbonyl (C=O) groups excluding carboxylic acids is 1. The van der Waals surface area contributed by atoms with Crippen molar-refractivity contribution in [3.8, 4) is 17.6 Å². The van der Waals surface area contributed by atoms with Crippen molar-refractivity contribution in [2.45, 2.75) is 13.5 Å². The average molecular weight is 560 g/mol. The standard InChI is InChI=1S/C24H19ClIN3O3/c1-15-7-8-17(11-20(15)25)24(30)29-28-13-16-9-21(26)23(22(10-16)31-2)32-14-19-6-4-3-5-18(19)12-27/h3-11,13H,14H2,1-2H3,(H,29,30)/b28-13-. The van der Waals surface area contributed by atoms with Gasteiger partial charge in [0.05, 0.1) is 28.5 Å². The molecule has 3 aromatic carbocycles. The molecule has 0 radical (unpaired) electrons. The molecule has 32 heavy (non-hydrogen) atoms. The number of hydrogen-bond donors (Lipinski definition) is 1. The summed E-state index contributed by atoms with van der Waals surface area (Å²) in [5, 5.41) is 13.8. The zero-order valence-electron chi connectivity index (χ0n) is 17.4. The molecular weight excluding hydrogens is 541 g/mol. The van der Waals surface area contributed by atoms with E-state index in [0.29, 0.717) is 27.6 Å². The number of aryl methyl sites for hydroxylation is 1. The number of ether oxygens (including phenoxy) is 2. The normalized spacial score (nSPS) is 10.6. The maximum atomic E-state index is 12.3. The summed E-state index contributed by atoms with van der Waals surface area (Å²) >= 11 is 8.22. The Bertz CT molecular complexity index is 1220. The van der Waals surface area contributed by atoms with E-state index in [1.165, 1.54) is 6.21 Å². The number of halogens is 2. The number of nitrogens with zero attached hydrogens (tertiary/aromatic N) is 2. The van der Waals surface area contributed by atoms with Crippen LogP contribution in [-0.4, -0.2) is 19.2 Å². The molecule has 3 rings (SSSR count). The molecule has 3 aromatic rings. The van der Waals surface area contributed by atoms with Gasteiger partial charge < -0.3 is 9.47 Å². The van der Waals surface area contributed by atoms with Crippen LogP contribution in [0.3, 0.4) is 0 Å². The van der Waals surface area contributed by atoms with E-state index in [1.54, 1.807) is 37.4 Å². The number of rotatable bonds is 7. The first-order valence-electron chi connectivity index (χ1n) is 9.50. The molecule has 0 aliphatic rings. The van der Waals surface area contributed by atoms with Crippen molar-refractivity contribution >= 4 is 46.3 Å². The maximum Gasteiger partial charge on any atom is 0.271 e. The smallest absolute Gasteiger partial charge is 0.271 e. The van der Waals surface area contributed by atoms with E-state index in [-0.39, 0.29) is 12.5 Å². The Morgan fingerprint density at radius 2 is 2.03 bits per heavy atom. The van der Waals surface area contributed by atoms with Crippen molar-refractivity contribution < 1.29 is 14.3 Å². The number of hydrazone groups is 1. The third kappa shape index (κ3) is 5.78. The van der Waals surface area contributed by atoms with Crippen LogP contribution in [0.4, 0.5) is 0 Å². The van der Waals surface area contributed by atoms with Gasteiger partial charge in [0.15, 0.2) is 11.5 Å². The second kappa shape index (κ2) is 11.0. The fourth-order valence-corrected chi connectivity index (χ4v) is 3.79. The van der Waals surface area contributed by atoms with Gasteiger partial charge in [-0.05, 0) is 71.0 Å². The Labute approximate surface area is 204 Å². The Kier molecular flexibility index (Phi) is 8.09. The highest BCUT2D eigenvalue weighted by atomic mass is 127. The van der Waals surface area contributed by atoms with E-state index in [9.17, 15) is 10.1 Å². The number of hydrogen-bond acceptors (Lipinski definition) is 5. The van der Waals surface area contributed by atoms with Crippen molar-refractivity contribution in [1.29, 1.82) is 5.26 Å². The highest BCUT2D eigenvalue weighted by Gasteiger charge is 2.13. The summed E-state index contributed by atoms with van der Waals surface area (Å²) in [6.07, 6.45) is 1.52. The lowest BCUT2D eigenvalue weighted by Gasteiger charge is -2.14. The van der Waals surface area contributed by atoms with Crippen LogP contribution in [0.15, 0.2) is 59.7 Å². The Balaban J connectivity index is 1.72. The first-order chi connectivity index (χ1) is 15.4. The third-order valence-corrected chi connectivity index (χ3v) is 5.78. The topological polar surface area (TPSA) is 83.7 Å². The van der Waals surface area contributed by atoms with E-state index >= 15 is 0 Å². The van der Waals surface area contributed by atoms with Crippen molar-refractivity contribution in [3.05, 3.63) is 91.0 Å². The summed E-state index contributed by atoms with van der Waals surface area (Å²) in [5.41, 5.74) is 5.88. The van der Waals surface area contributed by atoms with Gasteiger partial charge in [0.2, 0.25) is 0 Å². The van der Waals surface area contributed by atoms with Gasteiger partial charge in [0, 0.05) is 16.1 Å². The Morgan fingerprint density at radius 1 is 1.25 bits per heavy atom. The molecule has 0 saturated heterocycles. The fraction of sp³-hybridized carbons (Fsp3) is 0.125. The Hall–Kier alpha value is -3.09. The number of amides is 1. The second-order valence-corrected chi connectivity index (χ2v) is 8.32. The molecular formula is C24H19ClIN3O3. The molecule has 1 N–H and O–H groups in total. The fourth-order valence-electron chi connectivity index (χ4n) is 2.82. The zero-order valence-corrected chi connectivity index (χ0v) is 20.3. The van der Waals surface area contributed by atoms with Gasteiger partial charge in [-0.15, -0.1) is 0 Å². The third-order valence-electron chi connectivity index (χ3n) is 4.58. The second-order valence-electron chi connectivity index (χ2n) is 6.75. The van der Waals surface area contributed by atoms with E-state index in [0.717, 1.165) is 20.3 Å². The molecule has 0 atom stereocenters. The van der Waals surface area contributed by atoms with Crippen molar-refractivity contribution in [1.82, 2.24) is 5.43 Å². The summed E-state index contributed by atoms with van der Waals surface area (Å²) in [4.78, 5) is 12.3. The molecule has 0 heterocycles. The van der Waals surface area contributed by atoms with Gasteiger partial charge in [-0.2, -0.15) is 10.4 Å². The predicted molar refractivity (Wildman–Crippen MR) is 132 cm³/mol. The van der Waals surface area contributed by atoms with Gasteiger partial charge in [0.25, 0.3) is 5.91 Å². The molecule has 0 aromatic heterocycles. The summed E-state index contributed by atoms with van der Waals surface area (Å²) in [6.45, 7) is 2.10. The molecule has 1 amide bonds. The van der Waals surface area contributed by atoms with E-state index in [1.807, 2.05) is 31.2 Å². The van der Waals surface area contributed by atoms with E-state index < -0.39 is 0 Å². The lowest BCUT2D eigenvalue weighted by Crippen LogP contribution is -2.17. The van der Waals surface area contributed by atoms with Crippen LogP contribution in [0.1, 0.15) is 32.6 Å². The van der Waals surface area contributed by atoms with Crippen LogP contribution < -0.4 is 14.9 Å². The molecule has 0 aliphatic carbocycles. The van der Waals surface area contributed by atoms with Crippen molar-refractivity contribution in [2.75, 3.05) is 7.11 Å². The van der Waals surface area contributed by atoms with Crippen molar-refractivity contribution in [2.24, 2.45) is 5.10 Å². The highest BCUT2D eigenvalue weighted by Crippen LogP contribution is 2.34. The van der Waals surface area contributed by atoms with Gasteiger partial charge in [-0.25, -0.2) is 5.43 Å². The van der Waals surface area contributed by atoms with Crippen LogP contribution in [-0.2, 0) is 6.61 Å². The van der Waals surface area contributed by atoms with Crippen LogP contribution in [0, 0.1) is 21.8 Å². The average Bonchev–Trinajstić information content (AvgIpc) is 2.79. The minimum absolute atomic E-state index is 0.235. The van der Waals surface area contributed by atoms with Gasteiger partial charge >= 0.3 is 0 Å². The lowest BCUT2D eigenvalue weighted by molar-refractivity contribution is 0.0955. The number of benzene rings is 3. The van der Waals surface area contributed by atoms with Crippen LogP contribution in [0.2, 0.25) is 5.02 Å². The van der Waals surface area contributed by atoms with Crippen LogP contribution >= 0.6 is 34.2 Å². The maximum absolute atomic E-state index is 12.3. The van der Waals surface area contributed by atoms with Crippen LogP contribution in [0.25, 0.3) is 0 Å². The summed E-state index contributed by atoms with van der Waals surface area (Å²) in [5.74, 6) is 0.724. The van der Waals surface area contributed by atoms with E-state index in [2.05, 4.69) is 39.2 Å². The minimum atomic E-state index is -0.360. The quantitative estimate of drug-likeness (QED) is 0.236. The molecule has 8 heteroatoms. The lowest BCUT2D eigenvalue weighted by atomic mass is 10.1. The summed E-state index contributed by atoms with van der Waals surface area (Å²) < 4.78 is 12.2. The number of nitrogens with one attached hydrogen (secondary N) is 1. The predicted octanol–water partition coefficient (Wildman–Crippen LogP) is 5.48. The summed E-state index contributed by atoms with van der Waals surface area (Å²) in [6, 6.07) is 18.1. The first kappa shape index (κ1) is 23.6. The zero-order chi connectivity index (χ0) is 23.1. The molecule has 0 bridgehead atoms. The Morgan fingerprint density at radius 3 is 2.75 bits per heavy atom. The SMILES string of the molecule is COc1cc(/C=N\NC(=O)c2ccc(C)c(Cl)c2)cc(I)c1OCc1ccccc1C#N. The molecule has 0 saturated carbocycles. The highest BCUT2D eigenvalue weighted by molar-refractivity contribution is 14.1. The molecule has 0 aliphatic heterocycles. The monoisotopic (exact) mass is 559 g/mol. The van der Waals surface area contributed by atoms with Crippen LogP contribution in [0.5, 0.6) is 11.5 Å². The summed E-state index contributed by atoms with van der Waals surface area (Å²) in [7, 11) is 1.55. The molecule has 0 spiro atoms. The molecule has 162 valence electrons. The molecule has 0 fully saturated rings. The number of carbonyl (C=O) groups is 1. The first-order valence-corrected chi connectivity index (χ1v) is 11.0. The van der Waals surface area contributed by atoms with Gasteiger partial charge in [0.1, 0.15) is 6.61 Å². The minimum Gasteiger partial charge on any atom is -0.493 e. The number of nitriles is 1. The molecule has 0 unspecified atom stereocenters. The number of methoxy groups -OCH3 is 1. The van der Waals surface area contributed by atoms with Gasteiger partial charge in [-0.3, -0.25) is 4.79 Å². The van der Waals surface area contributed by atoms with E-state index in [4.69, 9.17) is 21.1 Å². The largest absolute Gasteiger partial charge is 0.493 e. The van der Waals surface area contributed by atoms with Crippen molar-refractivity contribution in [3.63, 3.8) is 0 Å². The molecule has 6 nitrogen and oxygen atoms in total.